The Morgan fingerprint density at radius 3 is 2.70 bits per heavy atom. The molecule has 1 amide bonds. The normalized spacial score (nSPS) is 14.9. The molecule has 1 aliphatic heterocycles. The predicted octanol–water partition coefficient (Wildman–Crippen LogP) is 2.78. The van der Waals surface area contributed by atoms with Crippen LogP contribution in [0.5, 0.6) is 0 Å². The SMILES string of the molecule is CCNc1cc(CNC(=O)c2ccc(N3CCC(C)CC3)nc2)nc(C)n1. The Morgan fingerprint density at radius 1 is 1.26 bits per heavy atom. The summed E-state index contributed by atoms with van der Waals surface area (Å²) in [6.45, 7) is 9.35. The lowest BCUT2D eigenvalue weighted by Gasteiger charge is -2.31. The third-order valence-electron chi connectivity index (χ3n) is 4.80. The Morgan fingerprint density at radius 2 is 2.04 bits per heavy atom. The number of hydrogen-bond donors (Lipinski definition) is 2. The van der Waals surface area contributed by atoms with Gasteiger partial charge in [-0.25, -0.2) is 15.0 Å². The molecular formula is C20H28N6O. The summed E-state index contributed by atoms with van der Waals surface area (Å²) in [7, 11) is 0. The Labute approximate surface area is 160 Å². The van der Waals surface area contributed by atoms with Gasteiger partial charge in [-0.05, 0) is 44.7 Å². The highest BCUT2D eigenvalue weighted by Crippen LogP contribution is 2.21. The average molecular weight is 368 g/mol. The van der Waals surface area contributed by atoms with Gasteiger partial charge in [0.2, 0.25) is 0 Å². The molecule has 0 radical (unpaired) electrons. The number of aromatic nitrogens is 3. The first-order valence-corrected chi connectivity index (χ1v) is 9.62. The standard InChI is InChI=1S/C20H28N6O/c1-4-21-18-11-17(24-15(3)25-18)13-23-20(27)16-5-6-19(22-12-16)26-9-7-14(2)8-10-26/h5-6,11-12,14H,4,7-10,13H2,1-3H3,(H,23,27)(H,21,24,25). The van der Waals surface area contributed by atoms with Gasteiger partial charge in [0.05, 0.1) is 17.8 Å². The van der Waals surface area contributed by atoms with Crippen molar-refractivity contribution in [3.63, 3.8) is 0 Å². The Hall–Kier alpha value is -2.70. The summed E-state index contributed by atoms with van der Waals surface area (Å²) >= 11 is 0. The number of aryl methyl sites for hydroxylation is 1. The lowest BCUT2D eigenvalue weighted by molar-refractivity contribution is 0.0950. The van der Waals surface area contributed by atoms with Crippen molar-refractivity contribution >= 4 is 17.5 Å². The second-order valence-electron chi connectivity index (χ2n) is 7.08. The van der Waals surface area contributed by atoms with Crippen LogP contribution in [0.1, 0.15) is 48.6 Å². The first-order valence-electron chi connectivity index (χ1n) is 9.62. The summed E-state index contributed by atoms with van der Waals surface area (Å²) < 4.78 is 0. The van der Waals surface area contributed by atoms with Crippen LogP contribution in [0.2, 0.25) is 0 Å². The van der Waals surface area contributed by atoms with Gasteiger partial charge in [-0.15, -0.1) is 0 Å². The van der Waals surface area contributed by atoms with E-state index in [1.807, 2.05) is 32.0 Å². The van der Waals surface area contributed by atoms with E-state index in [-0.39, 0.29) is 5.91 Å². The molecule has 2 aromatic heterocycles. The number of amides is 1. The minimum absolute atomic E-state index is 0.150. The van der Waals surface area contributed by atoms with Crippen molar-refractivity contribution in [3.05, 3.63) is 41.5 Å². The van der Waals surface area contributed by atoms with Crippen LogP contribution in [0.15, 0.2) is 24.4 Å². The summed E-state index contributed by atoms with van der Waals surface area (Å²) in [6, 6.07) is 5.63. The van der Waals surface area contributed by atoms with E-state index < -0.39 is 0 Å². The molecule has 3 rings (SSSR count). The van der Waals surface area contributed by atoms with Gasteiger partial charge in [-0.1, -0.05) is 6.92 Å². The van der Waals surface area contributed by atoms with E-state index in [0.29, 0.717) is 17.9 Å². The third-order valence-corrected chi connectivity index (χ3v) is 4.80. The average Bonchev–Trinajstić information content (AvgIpc) is 2.67. The van der Waals surface area contributed by atoms with Crippen molar-refractivity contribution in [1.29, 1.82) is 0 Å². The number of carbonyl (C=O) groups is 1. The fourth-order valence-corrected chi connectivity index (χ4v) is 3.21. The van der Waals surface area contributed by atoms with Gasteiger partial charge in [0, 0.05) is 31.9 Å². The fraction of sp³-hybridized carbons (Fsp3) is 0.500. The lowest BCUT2D eigenvalue weighted by atomic mass is 9.99. The third kappa shape index (κ3) is 5.15. The topological polar surface area (TPSA) is 83.0 Å². The highest BCUT2D eigenvalue weighted by Gasteiger charge is 2.17. The number of anilines is 2. The molecule has 0 aliphatic carbocycles. The van der Waals surface area contributed by atoms with Crippen LogP contribution in [-0.4, -0.2) is 40.5 Å². The molecule has 2 N–H and O–H groups in total. The van der Waals surface area contributed by atoms with Crippen LogP contribution in [0, 0.1) is 12.8 Å². The summed E-state index contributed by atoms with van der Waals surface area (Å²) in [6.07, 6.45) is 4.03. The van der Waals surface area contributed by atoms with Gasteiger partial charge in [0.25, 0.3) is 5.91 Å². The van der Waals surface area contributed by atoms with Gasteiger partial charge in [-0.3, -0.25) is 4.79 Å². The largest absolute Gasteiger partial charge is 0.370 e. The molecule has 0 saturated carbocycles. The van der Waals surface area contributed by atoms with Gasteiger partial charge in [-0.2, -0.15) is 0 Å². The first-order chi connectivity index (χ1) is 13.0. The molecular weight excluding hydrogens is 340 g/mol. The quantitative estimate of drug-likeness (QED) is 0.816. The van der Waals surface area contributed by atoms with Crippen LogP contribution in [0.25, 0.3) is 0 Å². The first kappa shape index (κ1) is 19.1. The van der Waals surface area contributed by atoms with Crippen molar-refractivity contribution in [2.45, 2.75) is 40.2 Å². The minimum atomic E-state index is -0.150. The number of nitrogens with one attached hydrogen (secondary N) is 2. The van der Waals surface area contributed by atoms with Gasteiger partial charge >= 0.3 is 0 Å². The van der Waals surface area contributed by atoms with E-state index in [1.54, 1.807) is 6.20 Å². The minimum Gasteiger partial charge on any atom is -0.370 e. The number of piperidine rings is 1. The predicted molar refractivity (Wildman–Crippen MR) is 107 cm³/mol. The molecule has 2 aromatic rings. The Balaban J connectivity index is 1.58. The molecule has 0 unspecified atom stereocenters. The van der Waals surface area contributed by atoms with Crippen molar-refractivity contribution in [2.75, 3.05) is 29.9 Å². The Kier molecular flexibility index (Phi) is 6.21. The maximum atomic E-state index is 12.4. The summed E-state index contributed by atoms with van der Waals surface area (Å²) in [5, 5.41) is 6.08. The van der Waals surface area contributed by atoms with Crippen LogP contribution in [-0.2, 0) is 6.54 Å². The van der Waals surface area contributed by atoms with E-state index in [9.17, 15) is 4.79 Å². The second kappa shape index (κ2) is 8.79. The van der Waals surface area contributed by atoms with Crippen LogP contribution in [0.3, 0.4) is 0 Å². The number of nitrogens with zero attached hydrogens (tertiary/aromatic N) is 4. The molecule has 0 atom stereocenters. The molecule has 144 valence electrons. The van der Waals surface area contributed by atoms with Gasteiger partial charge in [0.15, 0.2) is 0 Å². The summed E-state index contributed by atoms with van der Waals surface area (Å²) in [5.74, 6) is 3.03. The molecule has 3 heterocycles. The monoisotopic (exact) mass is 368 g/mol. The highest BCUT2D eigenvalue weighted by atomic mass is 16.1. The van der Waals surface area contributed by atoms with Crippen LogP contribution >= 0.6 is 0 Å². The number of rotatable bonds is 6. The number of hydrogen-bond acceptors (Lipinski definition) is 6. The van der Waals surface area contributed by atoms with Gasteiger partial charge < -0.3 is 15.5 Å². The van der Waals surface area contributed by atoms with E-state index in [4.69, 9.17) is 0 Å². The van der Waals surface area contributed by atoms with Crippen LogP contribution in [0.4, 0.5) is 11.6 Å². The molecule has 7 heteroatoms. The number of carbonyl (C=O) groups excluding carboxylic acids is 1. The van der Waals surface area contributed by atoms with E-state index in [2.05, 4.69) is 37.4 Å². The highest BCUT2D eigenvalue weighted by molar-refractivity contribution is 5.94. The maximum absolute atomic E-state index is 12.4. The van der Waals surface area contributed by atoms with E-state index in [0.717, 1.165) is 42.9 Å². The molecule has 1 saturated heterocycles. The zero-order chi connectivity index (χ0) is 19.2. The molecule has 7 nitrogen and oxygen atoms in total. The molecule has 0 aromatic carbocycles. The molecule has 0 spiro atoms. The second-order valence-corrected chi connectivity index (χ2v) is 7.08. The van der Waals surface area contributed by atoms with Gasteiger partial charge in [0.1, 0.15) is 17.5 Å². The van der Waals surface area contributed by atoms with Crippen LogP contribution < -0.4 is 15.5 Å². The smallest absolute Gasteiger partial charge is 0.253 e. The molecule has 1 fully saturated rings. The number of pyridine rings is 1. The lowest BCUT2D eigenvalue weighted by Crippen LogP contribution is -2.33. The maximum Gasteiger partial charge on any atom is 0.253 e. The molecule has 0 bridgehead atoms. The molecule has 1 aliphatic rings. The zero-order valence-electron chi connectivity index (χ0n) is 16.3. The summed E-state index contributed by atoms with van der Waals surface area (Å²) in [5.41, 5.74) is 1.33. The van der Waals surface area contributed by atoms with E-state index in [1.165, 1.54) is 12.8 Å². The fourth-order valence-electron chi connectivity index (χ4n) is 3.21. The molecule has 27 heavy (non-hydrogen) atoms. The van der Waals surface area contributed by atoms with Crippen molar-refractivity contribution in [2.24, 2.45) is 5.92 Å². The van der Waals surface area contributed by atoms with Crippen molar-refractivity contribution in [3.8, 4) is 0 Å². The Bertz CT molecular complexity index is 769. The van der Waals surface area contributed by atoms with Crippen molar-refractivity contribution < 1.29 is 4.79 Å². The zero-order valence-corrected chi connectivity index (χ0v) is 16.3. The summed E-state index contributed by atoms with van der Waals surface area (Å²) in [4.78, 5) is 27.9. The van der Waals surface area contributed by atoms with E-state index >= 15 is 0 Å². The van der Waals surface area contributed by atoms with Crippen molar-refractivity contribution in [1.82, 2.24) is 20.3 Å².